The minimum absolute atomic E-state index is 0.00406. The third kappa shape index (κ3) is 6.24. The van der Waals surface area contributed by atoms with E-state index in [0.717, 1.165) is 23.8 Å². The topological polar surface area (TPSA) is 84.9 Å². The van der Waals surface area contributed by atoms with E-state index >= 15 is 0 Å². The Morgan fingerprint density at radius 2 is 1.87 bits per heavy atom. The van der Waals surface area contributed by atoms with Gasteiger partial charge in [-0.1, -0.05) is 18.2 Å². The Bertz CT molecular complexity index is 1450. The van der Waals surface area contributed by atoms with Crippen molar-refractivity contribution in [1.82, 2.24) is 5.32 Å². The van der Waals surface area contributed by atoms with Gasteiger partial charge in [0.25, 0.3) is 10.0 Å². The number of benzene rings is 3. The molecule has 202 valence electrons. The number of ether oxygens (including phenoxy) is 2. The van der Waals surface area contributed by atoms with Crippen LogP contribution in [0.15, 0.2) is 65.6 Å². The van der Waals surface area contributed by atoms with Crippen LogP contribution in [0.3, 0.4) is 0 Å². The van der Waals surface area contributed by atoms with Crippen LogP contribution < -0.4 is 14.4 Å². The van der Waals surface area contributed by atoms with Crippen molar-refractivity contribution in [2.45, 2.75) is 50.7 Å². The van der Waals surface area contributed by atoms with Crippen LogP contribution >= 0.6 is 0 Å². The van der Waals surface area contributed by atoms with Gasteiger partial charge in [-0.25, -0.2) is 22.0 Å². The van der Waals surface area contributed by atoms with E-state index in [1.54, 1.807) is 58.0 Å². The number of amides is 1. The summed E-state index contributed by atoms with van der Waals surface area (Å²) in [6, 6.07) is 14.2. The maximum atomic E-state index is 14.5. The van der Waals surface area contributed by atoms with Gasteiger partial charge in [0.2, 0.25) is 0 Å². The highest BCUT2D eigenvalue weighted by Gasteiger charge is 2.35. The van der Waals surface area contributed by atoms with Gasteiger partial charge in [0.1, 0.15) is 29.1 Å². The van der Waals surface area contributed by atoms with Crippen molar-refractivity contribution in [3.05, 3.63) is 77.9 Å². The van der Waals surface area contributed by atoms with Crippen LogP contribution in [0.1, 0.15) is 32.8 Å². The van der Waals surface area contributed by atoms with Crippen molar-refractivity contribution in [2.24, 2.45) is 0 Å². The molecule has 1 N–H and O–H groups in total. The fourth-order valence-corrected chi connectivity index (χ4v) is 5.73. The molecule has 1 aliphatic heterocycles. The van der Waals surface area contributed by atoms with Crippen LogP contribution in [0.2, 0.25) is 0 Å². The molecule has 0 aliphatic carbocycles. The van der Waals surface area contributed by atoms with Crippen LogP contribution in [0.25, 0.3) is 11.1 Å². The fraction of sp³-hybridized carbons (Fsp3) is 0.321. The number of nitrogens with zero attached hydrogens (tertiary/aromatic N) is 1. The SMILES string of the molecule is Cc1cccc(S(=O)(=O)N2C[C@H](CCNC(=O)OC(C)(C)C)Oc3ccc(-c4cc(F)ccc4F)cc32)c1. The van der Waals surface area contributed by atoms with Gasteiger partial charge in [-0.2, -0.15) is 0 Å². The molecule has 0 spiro atoms. The van der Waals surface area contributed by atoms with Gasteiger partial charge < -0.3 is 14.8 Å². The van der Waals surface area contributed by atoms with Crippen LogP contribution in [-0.4, -0.2) is 39.3 Å². The molecule has 0 bridgehead atoms. The van der Waals surface area contributed by atoms with Gasteiger partial charge in [0.05, 0.1) is 17.1 Å². The molecule has 1 atom stereocenters. The Labute approximate surface area is 221 Å². The van der Waals surface area contributed by atoms with E-state index in [2.05, 4.69) is 5.32 Å². The van der Waals surface area contributed by atoms with E-state index < -0.39 is 39.5 Å². The largest absolute Gasteiger partial charge is 0.486 e. The molecule has 1 amide bonds. The maximum Gasteiger partial charge on any atom is 0.407 e. The number of fused-ring (bicyclic) bond motifs is 1. The Morgan fingerprint density at radius 3 is 2.58 bits per heavy atom. The fourth-order valence-electron chi connectivity index (χ4n) is 4.13. The van der Waals surface area contributed by atoms with Crippen molar-refractivity contribution in [3.8, 4) is 16.9 Å². The van der Waals surface area contributed by atoms with Crippen LogP contribution in [0.5, 0.6) is 5.75 Å². The highest BCUT2D eigenvalue weighted by atomic mass is 32.2. The summed E-state index contributed by atoms with van der Waals surface area (Å²) >= 11 is 0. The molecule has 3 aromatic rings. The molecular formula is C28H30F2N2O5S. The number of hydrogen-bond donors (Lipinski definition) is 1. The van der Waals surface area contributed by atoms with Gasteiger partial charge in [-0.3, -0.25) is 4.31 Å². The number of halogens is 2. The van der Waals surface area contributed by atoms with E-state index in [-0.39, 0.29) is 35.0 Å². The molecule has 0 fully saturated rings. The summed E-state index contributed by atoms with van der Waals surface area (Å²) in [6.45, 7) is 7.21. The second kappa shape index (κ2) is 10.6. The number of nitrogens with one attached hydrogen (secondary N) is 1. The number of carbonyl (C=O) groups excluding carboxylic acids is 1. The van der Waals surface area contributed by atoms with Crippen molar-refractivity contribution >= 4 is 21.8 Å². The predicted octanol–water partition coefficient (Wildman–Crippen LogP) is 5.81. The molecule has 0 saturated carbocycles. The minimum Gasteiger partial charge on any atom is -0.486 e. The van der Waals surface area contributed by atoms with Crippen molar-refractivity contribution < 1.29 is 31.5 Å². The maximum absolute atomic E-state index is 14.5. The van der Waals surface area contributed by atoms with Crippen molar-refractivity contribution in [2.75, 3.05) is 17.4 Å². The molecule has 10 heteroatoms. The van der Waals surface area contributed by atoms with Gasteiger partial charge in [-0.05, 0) is 81.3 Å². The first-order chi connectivity index (χ1) is 17.8. The summed E-state index contributed by atoms with van der Waals surface area (Å²) in [6.07, 6.45) is -0.868. The van der Waals surface area contributed by atoms with Crippen LogP contribution in [-0.2, 0) is 14.8 Å². The summed E-state index contributed by atoms with van der Waals surface area (Å²) in [5.74, 6) is -0.977. The standard InChI is InChI=1S/C28H30F2N2O5S/c1-18-6-5-7-22(14-18)38(34,35)32-17-21(12-13-31-27(33)37-28(2,3)4)36-26-11-8-19(15-25(26)32)23-16-20(29)9-10-24(23)30/h5-11,14-16,21H,12-13,17H2,1-4H3,(H,31,33)/t21-/m0/s1. The second-order valence-corrected chi connectivity index (χ2v) is 12.0. The van der Waals surface area contributed by atoms with E-state index in [1.165, 1.54) is 16.4 Å². The molecule has 3 aromatic carbocycles. The molecule has 4 rings (SSSR count). The average molecular weight is 545 g/mol. The molecule has 7 nitrogen and oxygen atoms in total. The highest BCUT2D eigenvalue weighted by Crippen LogP contribution is 2.41. The van der Waals surface area contributed by atoms with Gasteiger partial charge >= 0.3 is 6.09 Å². The Balaban J connectivity index is 1.67. The molecule has 1 aliphatic rings. The van der Waals surface area contributed by atoms with Crippen molar-refractivity contribution in [1.29, 1.82) is 0 Å². The first-order valence-electron chi connectivity index (χ1n) is 12.2. The van der Waals surface area contributed by atoms with Crippen molar-refractivity contribution in [3.63, 3.8) is 0 Å². The number of carbonyl (C=O) groups is 1. The lowest BCUT2D eigenvalue weighted by molar-refractivity contribution is 0.0520. The van der Waals surface area contributed by atoms with Gasteiger partial charge in [0, 0.05) is 18.5 Å². The van der Waals surface area contributed by atoms with Gasteiger partial charge in [0.15, 0.2) is 0 Å². The van der Waals surface area contributed by atoms with E-state index in [1.807, 2.05) is 0 Å². The van der Waals surface area contributed by atoms with E-state index in [4.69, 9.17) is 9.47 Å². The van der Waals surface area contributed by atoms with Crippen LogP contribution in [0.4, 0.5) is 19.3 Å². The second-order valence-electron chi connectivity index (χ2n) is 10.1. The molecule has 0 radical (unpaired) electrons. The number of rotatable bonds is 6. The third-order valence-corrected chi connectivity index (χ3v) is 7.62. The summed E-state index contributed by atoms with van der Waals surface area (Å²) < 4.78 is 68.6. The smallest absolute Gasteiger partial charge is 0.407 e. The summed E-state index contributed by atoms with van der Waals surface area (Å²) in [5.41, 5.74) is 0.641. The first-order valence-corrected chi connectivity index (χ1v) is 13.6. The molecule has 0 saturated heterocycles. The summed E-state index contributed by atoms with van der Waals surface area (Å²) in [7, 11) is -4.04. The van der Waals surface area contributed by atoms with E-state index in [9.17, 15) is 22.0 Å². The summed E-state index contributed by atoms with van der Waals surface area (Å²) in [5, 5.41) is 2.66. The monoisotopic (exact) mass is 544 g/mol. The minimum atomic E-state index is -4.04. The lowest BCUT2D eigenvalue weighted by Gasteiger charge is -2.36. The molecule has 38 heavy (non-hydrogen) atoms. The average Bonchev–Trinajstić information content (AvgIpc) is 2.83. The zero-order valence-electron chi connectivity index (χ0n) is 21.6. The summed E-state index contributed by atoms with van der Waals surface area (Å²) in [4.78, 5) is 12.1. The third-order valence-electron chi connectivity index (χ3n) is 5.84. The van der Waals surface area contributed by atoms with Crippen LogP contribution in [0, 0.1) is 18.6 Å². The lowest BCUT2D eigenvalue weighted by Crippen LogP contribution is -2.45. The number of hydrogen-bond acceptors (Lipinski definition) is 5. The Kier molecular flexibility index (Phi) is 7.64. The number of aryl methyl sites for hydroxylation is 1. The zero-order valence-corrected chi connectivity index (χ0v) is 22.4. The Hall–Kier alpha value is -3.66. The lowest BCUT2D eigenvalue weighted by atomic mass is 10.0. The molecule has 0 aromatic heterocycles. The zero-order chi connectivity index (χ0) is 27.7. The molecule has 1 heterocycles. The van der Waals surface area contributed by atoms with E-state index in [0.29, 0.717) is 12.0 Å². The number of alkyl carbamates (subject to hydrolysis) is 1. The first kappa shape index (κ1) is 27.4. The Morgan fingerprint density at radius 1 is 1.11 bits per heavy atom. The number of sulfonamides is 1. The predicted molar refractivity (Wildman–Crippen MR) is 141 cm³/mol. The quantitative estimate of drug-likeness (QED) is 0.423. The molecule has 0 unspecified atom stereocenters. The highest BCUT2D eigenvalue weighted by molar-refractivity contribution is 7.92. The van der Waals surface area contributed by atoms with Gasteiger partial charge in [-0.15, -0.1) is 0 Å². The normalized spacial score (nSPS) is 15.4. The number of anilines is 1. The molecular weight excluding hydrogens is 514 g/mol.